The molecule has 0 bridgehead atoms. The van der Waals surface area contributed by atoms with Crippen LogP contribution in [0.5, 0.6) is 0 Å². The number of amidine groups is 1. The lowest BCUT2D eigenvalue weighted by molar-refractivity contribution is 0.669. The molecule has 6 rings (SSSR count). The Labute approximate surface area is 222 Å². The molecule has 38 heavy (non-hydrogen) atoms. The highest BCUT2D eigenvalue weighted by Crippen LogP contribution is 2.36. The summed E-state index contributed by atoms with van der Waals surface area (Å²) in [6.07, 6.45) is 0. The van der Waals surface area contributed by atoms with E-state index in [9.17, 15) is 0 Å². The number of rotatable bonds is 5. The normalized spacial score (nSPS) is 12.2. The monoisotopic (exact) mass is 490 g/mol. The number of fused-ring (bicyclic) bond motifs is 3. The predicted octanol–water partition coefficient (Wildman–Crippen LogP) is 9.18. The second kappa shape index (κ2) is 10.2. The van der Waals surface area contributed by atoms with Crippen LogP contribution in [-0.4, -0.2) is 11.5 Å². The molecule has 0 aliphatic heterocycles. The van der Waals surface area contributed by atoms with E-state index in [0.717, 1.165) is 55.5 Å². The Morgan fingerprint density at radius 1 is 0.605 bits per heavy atom. The van der Waals surface area contributed by atoms with Gasteiger partial charge in [-0.25, -0.2) is 9.98 Å². The third-order valence-corrected chi connectivity index (χ3v) is 6.65. The first-order valence-corrected chi connectivity index (χ1v) is 12.6. The summed E-state index contributed by atoms with van der Waals surface area (Å²) in [7, 11) is 0. The van der Waals surface area contributed by atoms with Crippen molar-refractivity contribution >= 4 is 39.2 Å². The van der Waals surface area contributed by atoms with Gasteiger partial charge in [0.25, 0.3) is 0 Å². The maximum Gasteiger partial charge on any atom is 0.160 e. The van der Waals surface area contributed by atoms with Crippen LogP contribution < -0.4 is 0 Å². The molecule has 0 aliphatic carbocycles. The molecular weight excluding hydrogens is 464 g/mol. The van der Waals surface area contributed by atoms with Gasteiger partial charge in [0.1, 0.15) is 11.2 Å². The minimum atomic E-state index is 0.617. The van der Waals surface area contributed by atoms with Gasteiger partial charge < -0.3 is 4.42 Å². The highest BCUT2D eigenvalue weighted by atomic mass is 16.3. The number of benzene rings is 5. The average Bonchev–Trinajstić information content (AvgIpc) is 3.36. The molecule has 0 fully saturated rings. The van der Waals surface area contributed by atoms with Gasteiger partial charge in [-0.2, -0.15) is 0 Å². The fraction of sp³-hybridized carbons (Fsp3) is 0.0286. The highest BCUT2D eigenvalue weighted by molar-refractivity contribution is 6.15. The standard InChI is InChI=1S/C35H26N2O/c1-24(26-13-6-3-7-14-26)36-35(28-17-10-5-11-18-28)37-25(2)30-19-12-20-33-34(30)31-23-29(21-22-32(31)38-33)27-15-8-4-9-16-27/h3-23H,2H2,1H3/b36-24+,37-35-. The largest absolute Gasteiger partial charge is 0.456 e. The molecule has 1 heterocycles. The van der Waals surface area contributed by atoms with Crippen molar-refractivity contribution in [1.82, 2.24) is 0 Å². The molecule has 5 aromatic carbocycles. The molecule has 0 aliphatic rings. The summed E-state index contributed by atoms with van der Waals surface area (Å²) in [4.78, 5) is 9.94. The molecule has 0 saturated heterocycles. The molecule has 0 N–H and O–H groups in total. The summed E-state index contributed by atoms with van der Waals surface area (Å²) in [5.41, 5.74) is 8.37. The molecule has 0 amide bonds. The van der Waals surface area contributed by atoms with Gasteiger partial charge in [-0.3, -0.25) is 0 Å². The Hall–Kier alpha value is -5.02. The van der Waals surface area contributed by atoms with Crippen molar-refractivity contribution < 1.29 is 4.42 Å². The summed E-state index contributed by atoms with van der Waals surface area (Å²) in [5.74, 6) is 0.617. The molecule has 0 spiro atoms. The van der Waals surface area contributed by atoms with Crippen LogP contribution in [0.15, 0.2) is 148 Å². The third-order valence-electron chi connectivity index (χ3n) is 6.65. The molecule has 0 saturated carbocycles. The molecule has 1 aromatic heterocycles. The lowest BCUT2D eigenvalue weighted by atomic mass is 10.00. The molecule has 3 nitrogen and oxygen atoms in total. The summed E-state index contributed by atoms with van der Waals surface area (Å²) in [6, 6.07) is 42.9. The van der Waals surface area contributed by atoms with E-state index >= 15 is 0 Å². The van der Waals surface area contributed by atoms with Crippen molar-refractivity contribution in [3.8, 4) is 11.1 Å². The van der Waals surface area contributed by atoms with E-state index in [1.165, 1.54) is 0 Å². The van der Waals surface area contributed by atoms with Crippen LogP contribution >= 0.6 is 0 Å². The highest BCUT2D eigenvalue weighted by Gasteiger charge is 2.15. The Kier molecular flexibility index (Phi) is 6.25. The minimum Gasteiger partial charge on any atom is -0.456 e. The van der Waals surface area contributed by atoms with Crippen LogP contribution in [0, 0.1) is 0 Å². The topological polar surface area (TPSA) is 37.9 Å². The van der Waals surface area contributed by atoms with Crippen molar-refractivity contribution in [2.24, 2.45) is 9.98 Å². The zero-order valence-corrected chi connectivity index (χ0v) is 21.1. The average molecular weight is 491 g/mol. The number of nitrogens with zero attached hydrogens (tertiary/aromatic N) is 2. The Bertz CT molecular complexity index is 1810. The zero-order chi connectivity index (χ0) is 25.9. The van der Waals surface area contributed by atoms with Crippen molar-refractivity contribution in [2.45, 2.75) is 6.92 Å². The van der Waals surface area contributed by atoms with Crippen LogP contribution in [0.4, 0.5) is 0 Å². The first-order chi connectivity index (χ1) is 18.7. The van der Waals surface area contributed by atoms with E-state index in [2.05, 4.69) is 61.2 Å². The number of furan rings is 1. The van der Waals surface area contributed by atoms with Crippen molar-refractivity contribution in [1.29, 1.82) is 0 Å². The van der Waals surface area contributed by atoms with Crippen LogP contribution in [0.3, 0.4) is 0 Å². The maximum atomic E-state index is 6.23. The van der Waals surface area contributed by atoms with Gasteiger partial charge in [0.05, 0.1) is 5.70 Å². The fourth-order valence-corrected chi connectivity index (χ4v) is 4.71. The predicted molar refractivity (Wildman–Crippen MR) is 160 cm³/mol. The van der Waals surface area contributed by atoms with Gasteiger partial charge in [0.2, 0.25) is 0 Å². The van der Waals surface area contributed by atoms with Crippen molar-refractivity contribution in [2.75, 3.05) is 0 Å². The summed E-state index contributed by atoms with van der Waals surface area (Å²) in [5, 5.41) is 2.05. The molecule has 3 heteroatoms. The minimum absolute atomic E-state index is 0.617. The smallest absolute Gasteiger partial charge is 0.160 e. The first-order valence-electron chi connectivity index (χ1n) is 12.6. The lowest BCUT2D eigenvalue weighted by Gasteiger charge is -2.08. The summed E-state index contributed by atoms with van der Waals surface area (Å²) in [6.45, 7) is 6.39. The molecule has 6 aromatic rings. The van der Waals surface area contributed by atoms with E-state index < -0.39 is 0 Å². The summed E-state index contributed by atoms with van der Waals surface area (Å²) >= 11 is 0. The first kappa shape index (κ1) is 23.4. The van der Waals surface area contributed by atoms with Crippen LogP contribution in [0.25, 0.3) is 38.8 Å². The SMILES string of the molecule is C=C(/N=C(\N=C(/C)c1ccccc1)c1ccccc1)c1cccc2oc3ccc(-c4ccccc4)cc3c12. The molecule has 182 valence electrons. The third kappa shape index (κ3) is 4.58. The Morgan fingerprint density at radius 3 is 1.97 bits per heavy atom. The van der Waals surface area contributed by atoms with E-state index in [4.69, 9.17) is 14.4 Å². The van der Waals surface area contributed by atoms with Crippen molar-refractivity contribution in [3.05, 3.63) is 151 Å². The molecule has 0 atom stereocenters. The maximum absolute atomic E-state index is 6.23. The number of hydrogen-bond acceptors (Lipinski definition) is 2. The summed E-state index contributed by atoms with van der Waals surface area (Å²) < 4.78 is 6.23. The number of aliphatic imine (C=N–C) groups is 2. The van der Waals surface area contributed by atoms with E-state index in [-0.39, 0.29) is 0 Å². The van der Waals surface area contributed by atoms with E-state index in [0.29, 0.717) is 11.5 Å². The van der Waals surface area contributed by atoms with E-state index in [1.807, 2.05) is 79.7 Å². The molecule has 0 radical (unpaired) electrons. The van der Waals surface area contributed by atoms with Gasteiger partial charge in [0, 0.05) is 27.6 Å². The molecule has 0 unspecified atom stereocenters. The second-order valence-electron chi connectivity index (χ2n) is 9.17. The van der Waals surface area contributed by atoms with Gasteiger partial charge >= 0.3 is 0 Å². The zero-order valence-electron chi connectivity index (χ0n) is 21.1. The van der Waals surface area contributed by atoms with Gasteiger partial charge in [0.15, 0.2) is 5.84 Å². The van der Waals surface area contributed by atoms with Gasteiger partial charge in [-0.1, -0.05) is 116 Å². The quantitative estimate of drug-likeness (QED) is 0.175. The Balaban J connectivity index is 1.49. The van der Waals surface area contributed by atoms with Crippen LogP contribution in [0.1, 0.15) is 23.6 Å². The van der Waals surface area contributed by atoms with Crippen molar-refractivity contribution in [3.63, 3.8) is 0 Å². The second-order valence-corrected chi connectivity index (χ2v) is 9.17. The fourth-order valence-electron chi connectivity index (χ4n) is 4.71. The number of hydrogen-bond donors (Lipinski definition) is 0. The Morgan fingerprint density at radius 2 is 1.26 bits per heavy atom. The van der Waals surface area contributed by atoms with Gasteiger partial charge in [-0.05, 0) is 41.8 Å². The van der Waals surface area contributed by atoms with Crippen LogP contribution in [0.2, 0.25) is 0 Å². The molecular formula is C35H26N2O. The van der Waals surface area contributed by atoms with Crippen LogP contribution in [-0.2, 0) is 0 Å². The lowest BCUT2D eigenvalue weighted by Crippen LogP contribution is -2.04. The van der Waals surface area contributed by atoms with Gasteiger partial charge in [-0.15, -0.1) is 0 Å². The van der Waals surface area contributed by atoms with E-state index in [1.54, 1.807) is 0 Å².